The molecule has 0 unspecified atom stereocenters. The molecule has 0 radical (unpaired) electrons. The molecule has 2 aromatic rings. The summed E-state index contributed by atoms with van der Waals surface area (Å²) >= 11 is 0. The van der Waals surface area contributed by atoms with Crippen molar-refractivity contribution < 1.29 is 36.2 Å². The Morgan fingerprint density at radius 2 is 1.33 bits per heavy atom. The highest BCUT2D eigenvalue weighted by Gasteiger charge is 2.41. The van der Waals surface area contributed by atoms with Crippen LogP contribution in [0.4, 0.5) is 26.3 Å². The van der Waals surface area contributed by atoms with Gasteiger partial charge in [-0.25, -0.2) is 0 Å². The summed E-state index contributed by atoms with van der Waals surface area (Å²) in [6.07, 6.45) is -10.1. The van der Waals surface area contributed by atoms with E-state index in [4.69, 9.17) is 9.84 Å². The summed E-state index contributed by atoms with van der Waals surface area (Å²) in [6, 6.07) is 9.21. The van der Waals surface area contributed by atoms with Gasteiger partial charge in [-0.2, -0.15) is 26.3 Å². The molecule has 0 saturated carbocycles. The quantitative estimate of drug-likeness (QED) is 0.803. The van der Waals surface area contributed by atoms with Crippen molar-refractivity contribution in [3.05, 3.63) is 64.7 Å². The summed E-state index contributed by atoms with van der Waals surface area (Å²) in [5.74, 6) is -0.573. The van der Waals surface area contributed by atoms with Crippen LogP contribution in [-0.2, 0) is 25.6 Å². The molecular formula is C16H12F6O2. The molecule has 0 heterocycles. The van der Waals surface area contributed by atoms with Gasteiger partial charge in [0, 0.05) is 5.56 Å². The van der Waals surface area contributed by atoms with Gasteiger partial charge >= 0.3 is 12.4 Å². The van der Waals surface area contributed by atoms with E-state index in [1.165, 1.54) is 0 Å². The average Bonchev–Trinajstić information content (AvgIpc) is 2.51. The molecule has 0 amide bonds. The molecule has 0 saturated heterocycles. The molecule has 1 N–H and O–H groups in total. The number of rotatable bonds is 4. The number of ether oxygens (including phenoxy) is 1. The minimum absolute atomic E-state index is 0.187. The Hall–Kier alpha value is -2.22. The Labute approximate surface area is 133 Å². The van der Waals surface area contributed by atoms with Crippen molar-refractivity contribution in [2.45, 2.75) is 25.6 Å². The number of hydrogen-bond donors (Lipinski definition) is 1. The first kappa shape index (κ1) is 18.1. The van der Waals surface area contributed by atoms with E-state index in [0.717, 1.165) is 0 Å². The van der Waals surface area contributed by atoms with Crippen molar-refractivity contribution in [2.24, 2.45) is 0 Å². The molecule has 2 nitrogen and oxygen atoms in total. The van der Waals surface area contributed by atoms with E-state index in [9.17, 15) is 26.3 Å². The lowest BCUT2D eigenvalue weighted by molar-refractivity contribution is -0.145. The fourth-order valence-corrected chi connectivity index (χ4v) is 2.15. The monoisotopic (exact) mass is 350 g/mol. The molecule has 130 valence electrons. The third-order valence-corrected chi connectivity index (χ3v) is 3.24. The first-order chi connectivity index (χ1) is 11.1. The molecular weight excluding hydrogens is 338 g/mol. The topological polar surface area (TPSA) is 29.5 Å². The van der Waals surface area contributed by atoms with Crippen LogP contribution in [0.2, 0.25) is 0 Å². The molecule has 0 aliphatic rings. The fourth-order valence-electron chi connectivity index (χ4n) is 2.15. The van der Waals surface area contributed by atoms with Crippen LogP contribution >= 0.6 is 0 Å². The Bertz CT molecular complexity index is 657. The van der Waals surface area contributed by atoms with Gasteiger partial charge in [-0.15, -0.1) is 0 Å². The maximum Gasteiger partial charge on any atom is 0.416 e. The standard InChI is InChI=1S/C16H12F6O2/c17-15(18,19)13-6-11(24-9-10-4-2-1-3-5-10)7-14(12(13)8-23)16(20,21)22/h1-7,23H,8-9H2. The average molecular weight is 350 g/mol. The van der Waals surface area contributed by atoms with Gasteiger partial charge in [0.2, 0.25) is 0 Å². The molecule has 24 heavy (non-hydrogen) atoms. The summed E-state index contributed by atoms with van der Waals surface area (Å²) < 4.78 is 83.2. The maximum atomic E-state index is 13.0. The second kappa shape index (κ2) is 6.72. The predicted octanol–water partition coefficient (Wildman–Crippen LogP) is 4.80. The van der Waals surface area contributed by atoms with E-state index < -0.39 is 41.4 Å². The Balaban J connectivity index is 2.45. The SMILES string of the molecule is OCc1c(C(F)(F)F)cc(OCc2ccccc2)cc1C(F)(F)F. The highest BCUT2D eigenvalue weighted by atomic mass is 19.4. The van der Waals surface area contributed by atoms with Gasteiger partial charge in [0.05, 0.1) is 17.7 Å². The first-order valence-corrected chi connectivity index (χ1v) is 6.72. The zero-order valence-electron chi connectivity index (χ0n) is 12.1. The van der Waals surface area contributed by atoms with Crippen LogP contribution in [0.3, 0.4) is 0 Å². The highest BCUT2D eigenvalue weighted by Crippen LogP contribution is 2.42. The summed E-state index contributed by atoms with van der Waals surface area (Å²) in [5, 5.41) is 8.98. The number of halogens is 6. The van der Waals surface area contributed by atoms with Crippen molar-refractivity contribution >= 4 is 0 Å². The van der Waals surface area contributed by atoms with E-state index in [0.29, 0.717) is 17.7 Å². The van der Waals surface area contributed by atoms with Gasteiger partial charge in [0.15, 0.2) is 0 Å². The summed E-state index contributed by atoms with van der Waals surface area (Å²) in [6.45, 7) is -1.57. The molecule has 0 spiro atoms. The van der Waals surface area contributed by atoms with Gasteiger partial charge in [-0.3, -0.25) is 0 Å². The smallest absolute Gasteiger partial charge is 0.416 e. The van der Waals surface area contributed by atoms with E-state index in [1.807, 2.05) is 0 Å². The van der Waals surface area contributed by atoms with Crippen molar-refractivity contribution in [1.29, 1.82) is 0 Å². The second-order valence-corrected chi connectivity index (χ2v) is 4.92. The zero-order valence-corrected chi connectivity index (χ0v) is 12.1. The lowest BCUT2D eigenvalue weighted by atomic mass is 10.00. The molecule has 0 aromatic heterocycles. The van der Waals surface area contributed by atoms with E-state index >= 15 is 0 Å². The minimum atomic E-state index is -5.05. The van der Waals surface area contributed by atoms with Crippen LogP contribution in [0.25, 0.3) is 0 Å². The van der Waals surface area contributed by atoms with Gasteiger partial charge in [0.1, 0.15) is 12.4 Å². The van der Waals surface area contributed by atoms with Gasteiger partial charge in [-0.05, 0) is 17.7 Å². The van der Waals surface area contributed by atoms with Crippen molar-refractivity contribution in [2.75, 3.05) is 0 Å². The molecule has 0 fully saturated rings. The van der Waals surface area contributed by atoms with Crippen molar-refractivity contribution in [1.82, 2.24) is 0 Å². The zero-order chi connectivity index (χ0) is 18.0. The lowest BCUT2D eigenvalue weighted by Gasteiger charge is -2.19. The second-order valence-electron chi connectivity index (χ2n) is 4.92. The highest BCUT2D eigenvalue weighted by molar-refractivity contribution is 5.45. The van der Waals surface area contributed by atoms with Crippen LogP contribution < -0.4 is 4.74 Å². The molecule has 2 rings (SSSR count). The first-order valence-electron chi connectivity index (χ1n) is 6.72. The third kappa shape index (κ3) is 4.19. The van der Waals surface area contributed by atoms with Gasteiger partial charge < -0.3 is 9.84 Å². The van der Waals surface area contributed by atoms with Gasteiger partial charge in [0.25, 0.3) is 0 Å². The van der Waals surface area contributed by atoms with Crippen molar-refractivity contribution in [3.8, 4) is 5.75 Å². The van der Waals surface area contributed by atoms with Crippen molar-refractivity contribution in [3.63, 3.8) is 0 Å². The molecule has 0 bridgehead atoms. The summed E-state index contributed by atoms with van der Waals surface area (Å²) in [5.41, 5.74) is -3.77. The number of hydrogen-bond acceptors (Lipinski definition) is 2. The van der Waals surface area contributed by atoms with Crippen LogP contribution in [-0.4, -0.2) is 5.11 Å². The van der Waals surface area contributed by atoms with E-state index in [2.05, 4.69) is 0 Å². The lowest BCUT2D eigenvalue weighted by Crippen LogP contribution is -2.17. The predicted molar refractivity (Wildman–Crippen MR) is 73.1 cm³/mol. The summed E-state index contributed by atoms with van der Waals surface area (Å²) in [7, 11) is 0. The molecule has 0 atom stereocenters. The number of aliphatic hydroxyl groups is 1. The van der Waals surface area contributed by atoms with Crippen LogP contribution in [0.1, 0.15) is 22.3 Å². The Kier molecular flexibility index (Phi) is 5.08. The normalized spacial score (nSPS) is 12.3. The number of benzene rings is 2. The Morgan fingerprint density at radius 1 is 0.833 bits per heavy atom. The summed E-state index contributed by atoms with van der Waals surface area (Å²) in [4.78, 5) is 0. The van der Waals surface area contributed by atoms with E-state index in [-0.39, 0.29) is 6.61 Å². The largest absolute Gasteiger partial charge is 0.489 e. The minimum Gasteiger partial charge on any atom is -0.489 e. The Morgan fingerprint density at radius 3 is 1.75 bits per heavy atom. The number of alkyl halides is 6. The molecule has 0 aliphatic carbocycles. The molecule has 8 heteroatoms. The van der Waals surface area contributed by atoms with E-state index in [1.54, 1.807) is 30.3 Å². The third-order valence-electron chi connectivity index (χ3n) is 3.24. The maximum absolute atomic E-state index is 13.0. The van der Waals surface area contributed by atoms with Crippen LogP contribution in [0.15, 0.2) is 42.5 Å². The molecule has 2 aromatic carbocycles. The fraction of sp³-hybridized carbons (Fsp3) is 0.250. The molecule has 0 aliphatic heterocycles. The van der Waals surface area contributed by atoms with Gasteiger partial charge in [-0.1, -0.05) is 30.3 Å². The van der Waals surface area contributed by atoms with Crippen LogP contribution in [0.5, 0.6) is 5.75 Å². The number of aliphatic hydroxyl groups excluding tert-OH is 1. The van der Waals surface area contributed by atoms with Crippen LogP contribution in [0, 0.1) is 0 Å².